The minimum Gasteiger partial charge on any atom is -0.756 e. The first-order valence-corrected chi connectivity index (χ1v) is 25.7. The topological polar surface area (TPSA) is 195 Å². The summed E-state index contributed by atoms with van der Waals surface area (Å²) in [5, 5.41) is 19.5. The molecule has 13 nitrogen and oxygen atoms in total. The van der Waals surface area contributed by atoms with Gasteiger partial charge in [0.2, 0.25) is 0 Å². The van der Waals surface area contributed by atoms with Crippen LogP contribution < -0.4 is 10.6 Å². The number of aliphatic hydroxyl groups is 1. The van der Waals surface area contributed by atoms with E-state index in [0.29, 0.717) is 17.4 Å². The van der Waals surface area contributed by atoms with Gasteiger partial charge in [-0.15, -0.1) is 11.8 Å². The number of aliphatic hydroxyl groups excluding tert-OH is 1. The highest BCUT2D eigenvalue weighted by Crippen LogP contribution is 2.38. The van der Waals surface area contributed by atoms with E-state index in [1.54, 1.807) is 12.2 Å². The van der Waals surface area contributed by atoms with Crippen molar-refractivity contribution in [2.24, 2.45) is 5.73 Å². The van der Waals surface area contributed by atoms with Crippen LogP contribution in [0.3, 0.4) is 0 Å². The van der Waals surface area contributed by atoms with Crippen LogP contribution in [0, 0.1) is 0 Å². The zero-order chi connectivity index (χ0) is 47.7. The summed E-state index contributed by atoms with van der Waals surface area (Å²) in [6.07, 6.45) is 40.9. The standard InChI is InChI=1S/C49H83N2O11PS/c1-6-8-10-12-14-16-18-20-21-22-24-26-28-30-32-37-48(55)59-40-43(41-61-63(57,58)60-39-38-51(3,4)5)62-49(56)44(50)42-64-46(45(52)34-33-36-47(53)54)35-31-29-27-25-23-19-17-15-13-11-9-7-2/h14-17,20-21,23-27,29,31,35,43-46,52H,6-13,18-19,22,28,30,32-34,36-42,50H2,1-5H3,(H-,53,54,57,58)/b16-14-,17-15-,21-20-,25-23-,26-24-,29-27+,35-31+/t43-,44+,45+,46-/m1/s1. The Kier molecular flexibility index (Phi) is 38.3. The Bertz CT molecular complexity index is 1490. The van der Waals surface area contributed by atoms with Gasteiger partial charge >= 0.3 is 17.9 Å². The SMILES string of the molecule is CCCCC/C=C\C\C=C/C=C/C=C/[C@@H](SC[C@H](N)C(=O)O[C@H](COC(=O)CCCC/C=C\C/C=C\C/C=C\CCCCC)COP(=O)([O-])OCC[N+](C)(C)C)[C@@H](O)CCCC(=O)O. The molecule has 0 amide bonds. The number of nitrogens with two attached hydrogens (primary N) is 1. The van der Waals surface area contributed by atoms with E-state index in [2.05, 4.69) is 62.5 Å². The van der Waals surface area contributed by atoms with Gasteiger partial charge in [0.25, 0.3) is 7.82 Å². The molecule has 0 saturated heterocycles. The van der Waals surface area contributed by atoms with E-state index < -0.39 is 62.4 Å². The van der Waals surface area contributed by atoms with Crippen LogP contribution in [0.2, 0.25) is 0 Å². The van der Waals surface area contributed by atoms with E-state index in [9.17, 15) is 28.9 Å². The van der Waals surface area contributed by atoms with Gasteiger partial charge in [0, 0.05) is 23.8 Å². The van der Waals surface area contributed by atoms with E-state index in [1.165, 1.54) is 50.3 Å². The maximum absolute atomic E-state index is 13.2. The van der Waals surface area contributed by atoms with Crippen molar-refractivity contribution in [3.63, 3.8) is 0 Å². The van der Waals surface area contributed by atoms with Crippen molar-refractivity contribution >= 4 is 37.5 Å². The predicted octanol–water partition coefficient (Wildman–Crippen LogP) is 9.48. The van der Waals surface area contributed by atoms with Gasteiger partial charge in [0.15, 0.2) is 6.10 Å². The van der Waals surface area contributed by atoms with E-state index in [0.717, 1.165) is 44.9 Å². The van der Waals surface area contributed by atoms with Gasteiger partial charge in [-0.25, -0.2) is 0 Å². The second-order valence-corrected chi connectivity index (χ2v) is 19.2. The number of carboxylic acid groups (broad SMARTS) is 1. The summed E-state index contributed by atoms with van der Waals surface area (Å²) in [4.78, 5) is 49.5. The van der Waals surface area contributed by atoms with Crippen molar-refractivity contribution in [3.05, 3.63) is 85.1 Å². The summed E-state index contributed by atoms with van der Waals surface area (Å²) in [7, 11) is 0.831. The molecule has 0 bridgehead atoms. The number of allylic oxidation sites excluding steroid dienone is 13. The molecule has 15 heteroatoms. The molecule has 0 rings (SSSR count). The number of quaternary nitrogens is 1. The molecule has 0 spiro atoms. The Balaban J connectivity index is 5.35. The third-order valence-electron chi connectivity index (χ3n) is 9.39. The first-order valence-electron chi connectivity index (χ1n) is 23.2. The van der Waals surface area contributed by atoms with Crippen molar-refractivity contribution < 1.29 is 57.1 Å². The summed E-state index contributed by atoms with van der Waals surface area (Å²) >= 11 is 1.19. The lowest BCUT2D eigenvalue weighted by molar-refractivity contribution is -0.870. The fourth-order valence-electron chi connectivity index (χ4n) is 5.55. The van der Waals surface area contributed by atoms with Crippen LogP contribution in [0.15, 0.2) is 85.1 Å². The number of carbonyl (C=O) groups excluding carboxylic acids is 2. The molecular weight excluding hydrogens is 856 g/mol. The Morgan fingerprint density at radius 2 is 1.30 bits per heavy atom. The average Bonchev–Trinajstić information content (AvgIpc) is 3.23. The van der Waals surface area contributed by atoms with Crippen LogP contribution >= 0.6 is 19.6 Å². The van der Waals surface area contributed by atoms with Gasteiger partial charge in [-0.2, -0.15) is 0 Å². The number of unbranched alkanes of at least 4 members (excludes halogenated alkanes) is 8. The van der Waals surface area contributed by atoms with Crippen LogP contribution in [-0.4, -0.2) is 109 Å². The third kappa shape index (κ3) is 40.4. The van der Waals surface area contributed by atoms with Crippen molar-refractivity contribution in [2.75, 3.05) is 53.3 Å². The first kappa shape index (κ1) is 60.9. The first-order chi connectivity index (χ1) is 30.6. The number of hydrogen-bond acceptors (Lipinski definition) is 12. The normalized spacial score (nSPS) is 15.6. The predicted molar refractivity (Wildman–Crippen MR) is 260 cm³/mol. The zero-order valence-electron chi connectivity index (χ0n) is 39.6. The van der Waals surface area contributed by atoms with Crippen LogP contribution in [-0.2, 0) is 37.5 Å². The number of ether oxygens (including phenoxy) is 2. The molecule has 0 aliphatic rings. The third-order valence-corrected chi connectivity index (χ3v) is 11.8. The van der Waals surface area contributed by atoms with Crippen molar-refractivity contribution in [1.29, 1.82) is 0 Å². The molecule has 4 N–H and O–H groups in total. The molecule has 0 heterocycles. The number of hydrogen-bond donors (Lipinski definition) is 3. The molecule has 0 radical (unpaired) electrons. The van der Waals surface area contributed by atoms with Crippen LogP contribution in [0.5, 0.6) is 0 Å². The lowest BCUT2D eigenvalue weighted by Crippen LogP contribution is -2.40. The fourth-order valence-corrected chi connectivity index (χ4v) is 7.41. The Hall–Kier alpha value is -3.07. The van der Waals surface area contributed by atoms with Crippen LogP contribution in [0.25, 0.3) is 0 Å². The second kappa shape index (κ2) is 40.2. The minimum atomic E-state index is -4.80. The summed E-state index contributed by atoms with van der Waals surface area (Å²) in [6.45, 7) is 3.51. The summed E-state index contributed by atoms with van der Waals surface area (Å²) in [5.41, 5.74) is 6.23. The zero-order valence-corrected chi connectivity index (χ0v) is 41.3. The number of rotatable bonds is 41. The molecule has 0 aromatic carbocycles. The molecule has 0 aliphatic carbocycles. The second-order valence-electron chi connectivity index (χ2n) is 16.6. The monoisotopic (exact) mass is 939 g/mol. The van der Waals surface area contributed by atoms with Crippen LogP contribution in [0.4, 0.5) is 0 Å². The number of aliphatic carboxylic acids is 1. The fraction of sp³-hybridized carbons (Fsp3) is 0.653. The average molecular weight is 939 g/mol. The minimum absolute atomic E-state index is 0.000880. The van der Waals surface area contributed by atoms with E-state index in [1.807, 2.05) is 45.4 Å². The number of phosphoric ester groups is 1. The van der Waals surface area contributed by atoms with Crippen molar-refractivity contribution in [3.8, 4) is 0 Å². The molecular formula is C49H83N2O11PS. The molecule has 366 valence electrons. The summed E-state index contributed by atoms with van der Waals surface area (Å²) in [6, 6.07) is -1.21. The molecule has 0 saturated carbocycles. The maximum atomic E-state index is 13.2. The van der Waals surface area contributed by atoms with E-state index >= 15 is 0 Å². The largest absolute Gasteiger partial charge is 0.756 e. The summed E-state index contributed by atoms with van der Waals surface area (Å²) < 4.78 is 33.9. The van der Waals surface area contributed by atoms with Crippen LogP contribution in [0.1, 0.15) is 129 Å². The Labute approximate surface area is 390 Å². The number of thioether (sulfide) groups is 1. The highest BCUT2D eigenvalue weighted by molar-refractivity contribution is 8.00. The van der Waals surface area contributed by atoms with Gasteiger partial charge < -0.3 is 43.8 Å². The number of carboxylic acids is 1. The number of phosphoric acid groups is 1. The lowest BCUT2D eigenvalue weighted by atomic mass is 10.1. The molecule has 0 aromatic heterocycles. The van der Waals surface area contributed by atoms with Gasteiger partial charge in [-0.3, -0.25) is 18.9 Å². The summed E-state index contributed by atoms with van der Waals surface area (Å²) in [5.74, 6) is -2.39. The Morgan fingerprint density at radius 3 is 1.88 bits per heavy atom. The number of esters is 2. The number of nitrogens with zero attached hydrogens (tertiary/aromatic N) is 1. The number of likely N-dealkylation sites (N-methyl/N-ethyl adjacent to an activating group) is 1. The molecule has 5 atom stereocenters. The van der Waals surface area contributed by atoms with Crippen molar-refractivity contribution in [1.82, 2.24) is 0 Å². The smallest absolute Gasteiger partial charge is 0.324 e. The molecule has 64 heavy (non-hydrogen) atoms. The molecule has 1 unspecified atom stereocenters. The van der Waals surface area contributed by atoms with Crippen molar-refractivity contribution in [2.45, 2.75) is 153 Å². The molecule has 0 fully saturated rings. The van der Waals surface area contributed by atoms with Gasteiger partial charge in [0.05, 0.1) is 33.9 Å². The highest BCUT2D eigenvalue weighted by atomic mass is 32.2. The highest BCUT2D eigenvalue weighted by Gasteiger charge is 2.26. The molecule has 0 aromatic rings. The maximum Gasteiger partial charge on any atom is 0.324 e. The Morgan fingerprint density at radius 1 is 0.734 bits per heavy atom. The van der Waals surface area contributed by atoms with E-state index in [4.69, 9.17) is 29.4 Å². The lowest BCUT2D eigenvalue weighted by Gasteiger charge is -2.28. The molecule has 0 aliphatic heterocycles. The van der Waals surface area contributed by atoms with Gasteiger partial charge in [-0.05, 0) is 77.0 Å². The van der Waals surface area contributed by atoms with Gasteiger partial charge in [0.1, 0.15) is 25.8 Å². The van der Waals surface area contributed by atoms with Gasteiger partial charge in [-0.1, -0.05) is 125 Å². The van der Waals surface area contributed by atoms with E-state index in [-0.39, 0.29) is 38.0 Å². The number of carbonyl (C=O) groups is 3. The quantitative estimate of drug-likeness (QED) is 0.0131.